The van der Waals surface area contributed by atoms with Crippen LogP contribution in [-0.4, -0.2) is 18.7 Å². The fourth-order valence-corrected chi connectivity index (χ4v) is 4.90. The minimum atomic E-state index is -0.384. The zero-order valence-electron chi connectivity index (χ0n) is 19.5. The van der Waals surface area contributed by atoms with Crippen molar-refractivity contribution in [1.82, 2.24) is 0 Å². The molecule has 4 heteroatoms. The van der Waals surface area contributed by atoms with Crippen molar-refractivity contribution in [2.45, 2.75) is 32.1 Å². The molecular weight excluding hydrogens is 422 g/mol. The van der Waals surface area contributed by atoms with Gasteiger partial charge in [0.2, 0.25) is 0 Å². The third-order valence-electron chi connectivity index (χ3n) is 6.65. The zero-order valence-corrected chi connectivity index (χ0v) is 19.5. The number of ketones is 2. The quantitative estimate of drug-likeness (QED) is 0.424. The third-order valence-corrected chi connectivity index (χ3v) is 6.65. The van der Waals surface area contributed by atoms with E-state index in [9.17, 15) is 9.59 Å². The molecular formula is C30H27NO3. The summed E-state index contributed by atoms with van der Waals surface area (Å²) in [6, 6.07) is 25.2. The van der Waals surface area contributed by atoms with Crippen LogP contribution in [0.15, 0.2) is 102 Å². The molecule has 34 heavy (non-hydrogen) atoms. The van der Waals surface area contributed by atoms with Crippen LogP contribution in [0.4, 0.5) is 5.69 Å². The first kappa shape index (κ1) is 21.9. The molecule has 0 spiro atoms. The Balaban J connectivity index is 1.71. The van der Waals surface area contributed by atoms with E-state index in [1.807, 2.05) is 96.9 Å². The van der Waals surface area contributed by atoms with Gasteiger partial charge in [0, 0.05) is 46.6 Å². The van der Waals surface area contributed by atoms with E-state index < -0.39 is 0 Å². The van der Waals surface area contributed by atoms with Crippen LogP contribution in [0.1, 0.15) is 46.7 Å². The smallest absolute Gasteiger partial charge is 0.191 e. The summed E-state index contributed by atoms with van der Waals surface area (Å²) in [7, 11) is 1.64. The van der Waals surface area contributed by atoms with Gasteiger partial charge < -0.3 is 9.64 Å². The first-order chi connectivity index (χ1) is 16.6. The summed E-state index contributed by atoms with van der Waals surface area (Å²) in [4.78, 5) is 29.3. The van der Waals surface area contributed by atoms with Crippen molar-refractivity contribution < 1.29 is 14.3 Å². The Morgan fingerprint density at radius 1 is 0.912 bits per heavy atom. The number of carbonyl (C=O) groups is 2. The fourth-order valence-electron chi connectivity index (χ4n) is 4.90. The van der Waals surface area contributed by atoms with Gasteiger partial charge in [-0.1, -0.05) is 60.2 Å². The lowest BCUT2D eigenvalue weighted by atomic mass is 9.74. The first-order valence-electron chi connectivity index (χ1n) is 11.6. The van der Waals surface area contributed by atoms with Crippen LogP contribution in [0.5, 0.6) is 5.75 Å². The van der Waals surface area contributed by atoms with Crippen LogP contribution in [0.3, 0.4) is 0 Å². The van der Waals surface area contributed by atoms with Crippen LogP contribution >= 0.6 is 0 Å². The standard InChI is InChI=1S/C30H27NO3/c1-20-11-13-21(14-12-20)28-25(30(33)22-7-4-3-5-8-22)19-31(23-15-17-24(34-2)18-16-23)26-9-6-10-27(32)29(26)28/h3-5,7-8,11-19,28H,6,9-10H2,1-2H3. The van der Waals surface area contributed by atoms with Crippen LogP contribution in [0, 0.1) is 6.92 Å². The molecule has 0 N–H and O–H groups in total. The second kappa shape index (κ2) is 9.14. The number of nitrogens with zero attached hydrogens (tertiary/aromatic N) is 1. The van der Waals surface area contributed by atoms with E-state index in [4.69, 9.17) is 4.74 Å². The van der Waals surface area contributed by atoms with Gasteiger partial charge in [-0.3, -0.25) is 9.59 Å². The number of methoxy groups -OCH3 is 1. The minimum absolute atomic E-state index is 0.0605. The molecule has 5 rings (SSSR count). The molecule has 0 saturated carbocycles. The topological polar surface area (TPSA) is 46.6 Å². The number of allylic oxidation sites excluding steroid dienone is 3. The van der Waals surface area contributed by atoms with Gasteiger partial charge in [-0.25, -0.2) is 0 Å². The summed E-state index contributed by atoms with van der Waals surface area (Å²) in [6.45, 7) is 2.04. The zero-order chi connectivity index (χ0) is 23.7. The van der Waals surface area contributed by atoms with E-state index in [-0.39, 0.29) is 17.5 Å². The van der Waals surface area contributed by atoms with Gasteiger partial charge in [-0.2, -0.15) is 0 Å². The van der Waals surface area contributed by atoms with E-state index >= 15 is 0 Å². The second-order valence-corrected chi connectivity index (χ2v) is 8.83. The second-order valence-electron chi connectivity index (χ2n) is 8.83. The number of benzene rings is 3. The highest BCUT2D eigenvalue weighted by atomic mass is 16.5. The Kier molecular flexibility index (Phi) is 5.89. The Labute approximate surface area is 200 Å². The number of ether oxygens (including phenoxy) is 1. The summed E-state index contributed by atoms with van der Waals surface area (Å²) in [6.07, 6.45) is 4.04. The van der Waals surface area contributed by atoms with E-state index in [2.05, 4.69) is 0 Å². The molecule has 1 atom stereocenters. The third kappa shape index (κ3) is 3.96. The molecule has 0 fully saturated rings. The van der Waals surface area contributed by atoms with Crippen molar-refractivity contribution in [3.8, 4) is 5.75 Å². The summed E-state index contributed by atoms with van der Waals surface area (Å²) in [5.41, 5.74) is 5.97. The van der Waals surface area contributed by atoms with Gasteiger partial charge in [0.15, 0.2) is 11.6 Å². The van der Waals surface area contributed by atoms with Crippen LogP contribution in [-0.2, 0) is 4.79 Å². The summed E-state index contributed by atoms with van der Waals surface area (Å²) >= 11 is 0. The average Bonchev–Trinajstić information content (AvgIpc) is 2.89. The van der Waals surface area contributed by atoms with Crippen molar-refractivity contribution in [2.75, 3.05) is 12.0 Å². The Hall–Kier alpha value is -3.92. The molecule has 0 amide bonds. The van der Waals surface area contributed by atoms with Gasteiger partial charge in [0.25, 0.3) is 0 Å². The highest BCUT2D eigenvalue weighted by Crippen LogP contribution is 2.45. The number of rotatable bonds is 5. The van der Waals surface area contributed by atoms with Gasteiger partial charge >= 0.3 is 0 Å². The highest BCUT2D eigenvalue weighted by Gasteiger charge is 2.39. The number of carbonyl (C=O) groups excluding carboxylic acids is 2. The van der Waals surface area contributed by atoms with Crippen LogP contribution in [0.2, 0.25) is 0 Å². The number of Topliss-reactive ketones (excluding diaryl/α,β-unsaturated/α-hetero) is 2. The predicted octanol–water partition coefficient (Wildman–Crippen LogP) is 6.38. The van der Waals surface area contributed by atoms with Gasteiger partial charge in [-0.05, 0) is 49.6 Å². The van der Waals surface area contributed by atoms with Crippen LogP contribution in [0.25, 0.3) is 0 Å². The molecule has 1 aliphatic carbocycles. The monoisotopic (exact) mass is 449 g/mol. The van der Waals surface area contributed by atoms with Crippen LogP contribution < -0.4 is 9.64 Å². The Bertz CT molecular complexity index is 1290. The maximum absolute atomic E-state index is 13.9. The SMILES string of the molecule is COc1ccc(N2C=C(C(=O)c3ccccc3)C(c3ccc(C)cc3)C3=C2CCCC3=O)cc1. The lowest BCUT2D eigenvalue weighted by molar-refractivity contribution is -0.116. The van der Waals surface area contributed by atoms with E-state index in [1.165, 1.54) is 0 Å². The molecule has 4 nitrogen and oxygen atoms in total. The molecule has 3 aromatic rings. The molecule has 0 bridgehead atoms. The molecule has 0 radical (unpaired) electrons. The van der Waals surface area contributed by atoms with Crippen molar-refractivity contribution >= 4 is 17.3 Å². The lowest BCUT2D eigenvalue weighted by Gasteiger charge is -2.38. The highest BCUT2D eigenvalue weighted by molar-refractivity contribution is 6.13. The average molecular weight is 450 g/mol. The summed E-state index contributed by atoms with van der Waals surface area (Å²) in [5.74, 6) is 0.439. The molecule has 0 aromatic heterocycles. The van der Waals surface area contributed by atoms with E-state index in [0.717, 1.165) is 46.7 Å². The summed E-state index contributed by atoms with van der Waals surface area (Å²) < 4.78 is 5.33. The van der Waals surface area contributed by atoms with Crippen molar-refractivity contribution in [3.05, 3.63) is 119 Å². The van der Waals surface area contributed by atoms with E-state index in [0.29, 0.717) is 17.6 Å². The minimum Gasteiger partial charge on any atom is -0.497 e. The number of anilines is 1. The molecule has 1 aliphatic heterocycles. The number of hydrogen-bond donors (Lipinski definition) is 0. The van der Waals surface area contributed by atoms with Crippen molar-refractivity contribution in [3.63, 3.8) is 0 Å². The fraction of sp³-hybridized carbons (Fsp3) is 0.200. The molecule has 0 saturated heterocycles. The Morgan fingerprint density at radius 3 is 2.29 bits per heavy atom. The number of hydrogen-bond acceptors (Lipinski definition) is 4. The summed E-state index contributed by atoms with van der Waals surface area (Å²) in [5, 5.41) is 0. The van der Waals surface area contributed by atoms with Gasteiger partial charge in [-0.15, -0.1) is 0 Å². The molecule has 2 aliphatic rings. The first-order valence-corrected chi connectivity index (χ1v) is 11.6. The lowest BCUT2D eigenvalue weighted by Crippen LogP contribution is -2.34. The van der Waals surface area contributed by atoms with Crippen molar-refractivity contribution in [1.29, 1.82) is 0 Å². The van der Waals surface area contributed by atoms with Gasteiger partial charge in [0.05, 0.1) is 7.11 Å². The largest absolute Gasteiger partial charge is 0.497 e. The number of aryl methyl sites for hydroxylation is 1. The van der Waals surface area contributed by atoms with Gasteiger partial charge in [0.1, 0.15) is 5.75 Å². The molecule has 1 heterocycles. The van der Waals surface area contributed by atoms with Crippen molar-refractivity contribution in [2.24, 2.45) is 0 Å². The predicted molar refractivity (Wildman–Crippen MR) is 134 cm³/mol. The molecule has 170 valence electrons. The normalized spacial score (nSPS) is 17.8. The molecule has 1 unspecified atom stereocenters. The Morgan fingerprint density at radius 2 is 1.62 bits per heavy atom. The van der Waals surface area contributed by atoms with E-state index in [1.54, 1.807) is 7.11 Å². The maximum Gasteiger partial charge on any atom is 0.191 e. The maximum atomic E-state index is 13.9. The molecule has 3 aromatic carbocycles.